The highest BCUT2D eigenvalue weighted by Gasteiger charge is 2.24. The van der Waals surface area contributed by atoms with Crippen LogP contribution in [0, 0.1) is 10.1 Å². The molecule has 1 aliphatic heterocycles. The van der Waals surface area contributed by atoms with Crippen LogP contribution in [0.2, 0.25) is 0 Å². The molecular formula is C16H20N6O4. The maximum atomic E-state index is 11.4. The lowest BCUT2D eigenvalue weighted by Gasteiger charge is -2.14. The second-order valence-corrected chi connectivity index (χ2v) is 5.73. The number of para-hydroxylation sites is 2. The Hall–Kier alpha value is -3.14. The summed E-state index contributed by atoms with van der Waals surface area (Å²) >= 11 is 0. The van der Waals surface area contributed by atoms with Gasteiger partial charge in [0.2, 0.25) is 17.6 Å². The molecule has 1 fully saturated rings. The van der Waals surface area contributed by atoms with Crippen LogP contribution in [-0.2, 0) is 4.74 Å². The number of ether oxygens (including phenoxy) is 2. The van der Waals surface area contributed by atoms with Crippen molar-refractivity contribution in [2.45, 2.75) is 18.9 Å². The van der Waals surface area contributed by atoms with Crippen LogP contribution in [0.15, 0.2) is 24.3 Å². The first-order valence-corrected chi connectivity index (χ1v) is 8.16. The molecule has 0 aliphatic carbocycles. The van der Waals surface area contributed by atoms with Crippen molar-refractivity contribution in [1.82, 2.24) is 9.97 Å². The number of nitrogens with one attached hydrogen (secondary N) is 2. The van der Waals surface area contributed by atoms with E-state index in [1.54, 1.807) is 24.3 Å². The molecule has 0 amide bonds. The zero-order chi connectivity index (χ0) is 18.5. The predicted molar refractivity (Wildman–Crippen MR) is 96.8 cm³/mol. The molecular weight excluding hydrogens is 340 g/mol. The molecule has 2 heterocycles. The molecule has 0 bridgehead atoms. The normalized spacial score (nSPS) is 16.3. The lowest BCUT2D eigenvalue weighted by Crippen LogP contribution is -2.20. The summed E-state index contributed by atoms with van der Waals surface area (Å²) in [6, 6.07) is 7.02. The van der Waals surface area contributed by atoms with Crippen molar-refractivity contribution in [3.63, 3.8) is 0 Å². The van der Waals surface area contributed by atoms with Crippen LogP contribution in [0.1, 0.15) is 12.8 Å². The van der Waals surface area contributed by atoms with E-state index in [1.165, 1.54) is 7.11 Å². The van der Waals surface area contributed by atoms with Gasteiger partial charge in [-0.05, 0) is 25.0 Å². The van der Waals surface area contributed by atoms with Gasteiger partial charge in [0.15, 0.2) is 0 Å². The van der Waals surface area contributed by atoms with Gasteiger partial charge >= 0.3 is 5.69 Å². The summed E-state index contributed by atoms with van der Waals surface area (Å²) in [4.78, 5) is 19.0. The Morgan fingerprint density at radius 3 is 2.92 bits per heavy atom. The number of hydrogen-bond donors (Lipinski definition) is 3. The van der Waals surface area contributed by atoms with Crippen molar-refractivity contribution in [1.29, 1.82) is 0 Å². The van der Waals surface area contributed by atoms with Gasteiger partial charge in [0, 0.05) is 13.2 Å². The molecule has 26 heavy (non-hydrogen) atoms. The molecule has 10 nitrogen and oxygen atoms in total. The summed E-state index contributed by atoms with van der Waals surface area (Å²) in [5, 5.41) is 17.3. The van der Waals surface area contributed by atoms with E-state index in [0.717, 1.165) is 19.4 Å². The first kappa shape index (κ1) is 17.7. The molecule has 1 atom stereocenters. The Morgan fingerprint density at radius 1 is 1.42 bits per heavy atom. The van der Waals surface area contributed by atoms with Crippen molar-refractivity contribution >= 4 is 29.0 Å². The second kappa shape index (κ2) is 7.83. The molecule has 0 unspecified atom stereocenters. The van der Waals surface area contributed by atoms with E-state index in [2.05, 4.69) is 20.6 Å². The van der Waals surface area contributed by atoms with Gasteiger partial charge in [0.25, 0.3) is 0 Å². The fraction of sp³-hybridized carbons (Fsp3) is 0.375. The van der Waals surface area contributed by atoms with Crippen LogP contribution < -0.4 is 21.1 Å². The number of benzene rings is 1. The highest BCUT2D eigenvalue weighted by atomic mass is 16.6. The predicted octanol–water partition coefficient (Wildman–Crippen LogP) is 2.31. The molecule has 1 aromatic carbocycles. The lowest BCUT2D eigenvalue weighted by atomic mass is 10.2. The second-order valence-electron chi connectivity index (χ2n) is 5.73. The molecule has 1 aromatic heterocycles. The third-order valence-electron chi connectivity index (χ3n) is 3.97. The van der Waals surface area contributed by atoms with Gasteiger partial charge in [-0.2, -0.15) is 9.97 Å². The Balaban J connectivity index is 1.88. The number of nitrogens with zero attached hydrogens (tertiary/aromatic N) is 3. The van der Waals surface area contributed by atoms with Gasteiger partial charge in [0.05, 0.1) is 23.8 Å². The lowest BCUT2D eigenvalue weighted by molar-refractivity contribution is -0.383. The monoisotopic (exact) mass is 360 g/mol. The van der Waals surface area contributed by atoms with Gasteiger partial charge in [0.1, 0.15) is 5.75 Å². The number of rotatable bonds is 7. The highest BCUT2D eigenvalue weighted by Crippen LogP contribution is 2.34. The van der Waals surface area contributed by atoms with Crippen molar-refractivity contribution in [2.24, 2.45) is 0 Å². The van der Waals surface area contributed by atoms with Gasteiger partial charge in [-0.15, -0.1) is 0 Å². The third-order valence-corrected chi connectivity index (χ3v) is 3.97. The summed E-state index contributed by atoms with van der Waals surface area (Å²) in [6.45, 7) is 1.24. The zero-order valence-electron chi connectivity index (χ0n) is 14.3. The summed E-state index contributed by atoms with van der Waals surface area (Å²) < 4.78 is 10.8. The molecule has 3 rings (SSSR count). The standard InChI is InChI=1S/C16H20N6O4/c1-25-12-7-3-2-6-11(12)19-15-13(22(23)24)14(17)20-16(21-15)18-9-10-5-4-8-26-10/h2-3,6-7,10H,4-5,8-9H2,1H3,(H4,17,18,19,20,21)/t10-/m0/s1. The van der Waals surface area contributed by atoms with Crippen molar-refractivity contribution in [3.05, 3.63) is 34.4 Å². The summed E-state index contributed by atoms with van der Waals surface area (Å²) in [7, 11) is 1.51. The van der Waals surface area contributed by atoms with Crippen LogP contribution >= 0.6 is 0 Å². The molecule has 0 saturated carbocycles. The first-order chi connectivity index (χ1) is 12.6. The number of nitrogens with two attached hydrogens (primary N) is 1. The number of methoxy groups -OCH3 is 1. The fourth-order valence-electron chi connectivity index (χ4n) is 2.70. The average Bonchev–Trinajstić information content (AvgIpc) is 3.13. The number of nitrogen functional groups attached to an aromatic ring is 1. The topological polar surface area (TPSA) is 137 Å². The fourth-order valence-corrected chi connectivity index (χ4v) is 2.70. The molecule has 10 heteroatoms. The Morgan fingerprint density at radius 2 is 2.23 bits per heavy atom. The largest absolute Gasteiger partial charge is 0.495 e. The van der Waals surface area contributed by atoms with Crippen molar-refractivity contribution in [3.8, 4) is 5.75 Å². The molecule has 1 saturated heterocycles. The van der Waals surface area contributed by atoms with E-state index in [1.807, 2.05) is 0 Å². The quantitative estimate of drug-likeness (QED) is 0.501. The van der Waals surface area contributed by atoms with E-state index < -0.39 is 10.6 Å². The molecule has 138 valence electrons. The minimum atomic E-state index is -0.614. The van der Waals surface area contributed by atoms with E-state index in [0.29, 0.717) is 18.0 Å². The molecule has 0 radical (unpaired) electrons. The number of anilines is 4. The first-order valence-electron chi connectivity index (χ1n) is 8.16. The van der Waals surface area contributed by atoms with Crippen LogP contribution in [0.4, 0.5) is 29.0 Å². The number of nitro groups is 1. The van der Waals surface area contributed by atoms with Crippen LogP contribution in [0.3, 0.4) is 0 Å². The van der Waals surface area contributed by atoms with Crippen LogP contribution in [0.25, 0.3) is 0 Å². The SMILES string of the molecule is COc1ccccc1Nc1nc(NC[C@@H]2CCCO2)nc(N)c1[N+](=O)[O-]. The van der Waals surface area contributed by atoms with Gasteiger partial charge in [-0.3, -0.25) is 10.1 Å². The highest BCUT2D eigenvalue weighted by molar-refractivity contribution is 5.76. The van der Waals surface area contributed by atoms with Crippen molar-refractivity contribution in [2.75, 3.05) is 36.6 Å². The summed E-state index contributed by atoms with van der Waals surface area (Å²) in [5.74, 6) is 0.480. The summed E-state index contributed by atoms with van der Waals surface area (Å²) in [5.41, 5.74) is 5.93. The van der Waals surface area contributed by atoms with E-state index in [9.17, 15) is 10.1 Å². The molecule has 1 aliphatic rings. The van der Waals surface area contributed by atoms with E-state index >= 15 is 0 Å². The average molecular weight is 360 g/mol. The number of hydrogen-bond acceptors (Lipinski definition) is 9. The van der Waals surface area contributed by atoms with Gasteiger partial charge in [-0.25, -0.2) is 0 Å². The van der Waals surface area contributed by atoms with Crippen LogP contribution in [-0.4, -0.2) is 41.3 Å². The van der Waals surface area contributed by atoms with Gasteiger partial charge in [-0.1, -0.05) is 12.1 Å². The number of aromatic nitrogens is 2. The maximum absolute atomic E-state index is 11.4. The van der Waals surface area contributed by atoms with E-state index in [-0.39, 0.29) is 23.7 Å². The van der Waals surface area contributed by atoms with Crippen molar-refractivity contribution < 1.29 is 14.4 Å². The Kier molecular flexibility index (Phi) is 5.32. The minimum absolute atomic E-state index is 0.0122. The van der Waals surface area contributed by atoms with Crippen LogP contribution in [0.5, 0.6) is 5.75 Å². The van der Waals surface area contributed by atoms with E-state index in [4.69, 9.17) is 15.2 Å². The Labute approximate surface area is 149 Å². The third kappa shape index (κ3) is 3.91. The summed E-state index contributed by atoms with van der Waals surface area (Å²) in [6.07, 6.45) is 2.03. The molecule has 2 aromatic rings. The maximum Gasteiger partial charge on any atom is 0.353 e. The zero-order valence-corrected chi connectivity index (χ0v) is 14.3. The minimum Gasteiger partial charge on any atom is -0.495 e. The molecule has 0 spiro atoms. The Bertz CT molecular complexity index is 794. The smallest absolute Gasteiger partial charge is 0.353 e. The molecule has 4 N–H and O–H groups in total. The van der Waals surface area contributed by atoms with Gasteiger partial charge < -0.3 is 25.8 Å².